The zero-order chi connectivity index (χ0) is 22.0. The second kappa shape index (κ2) is 9.55. The van der Waals surface area contributed by atoms with E-state index in [0.29, 0.717) is 21.4 Å². The lowest BCUT2D eigenvalue weighted by Crippen LogP contribution is -2.46. The molecule has 0 bridgehead atoms. The molecule has 2 aliphatic rings. The summed E-state index contributed by atoms with van der Waals surface area (Å²) in [6.45, 7) is 3.63. The van der Waals surface area contributed by atoms with Crippen molar-refractivity contribution in [1.29, 1.82) is 0 Å². The van der Waals surface area contributed by atoms with Gasteiger partial charge in [0.05, 0.1) is 16.8 Å². The van der Waals surface area contributed by atoms with E-state index < -0.39 is 0 Å². The van der Waals surface area contributed by atoms with E-state index >= 15 is 0 Å². The quantitative estimate of drug-likeness (QED) is 0.643. The number of nitrogens with zero attached hydrogens (tertiary/aromatic N) is 3. The Morgan fingerprint density at radius 2 is 1.74 bits per heavy atom. The van der Waals surface area contributed by atoms with Crippen LogP contribution in [0.2, 0.25) is 10.0 Å². The van der Waals surface area contributed by atoms with Crippen molar-refractivity contribution >= 4 is 40.5 Å². The fraction of sp³-hybridized carbons (Fsp3) is 0.391. The molecule has 4 rings (SSSR count). The Kier molecular flexibility index (Phi) is 6.80. The molecule has 164 valence electrons. The molecular weight excluding hydrogens is 438 g/mol. The predicted molar refractivity (Wildman–Crippen MR) is 123 cm³/mol. The summed E-state index contributed by atoms with van der Waals surface area (Å²) < 4.78 is 13.6. The van der Waals surface area contributed by atoms with Crippen LogP contribution in [0, 0.1) is 11.7 Å². The van der Waals surface area contributed by atoms with Crippen molar-refractivity contribution < 1.29 is 9.18 Å². The summed E-state index contributed by atoms with van der Waals surface area (Å²) in [4.78, 5) is 13.2. The molecule has 8 heteroatoms. The predicted octanol–water partition coefficient (Wildman–Crippen LogP) is 5.59. The fourth-order valence-electron chi connectivity index (χ4n) is 4.23. The first-order chi connectivity index (χ1) is 14.9. The molecule has 5 nitrogen and oxygen atoms in total. The maximum Gasteiger partial charge on any atom is 0.282 e. The van der Waals surface area contributed by atoms with Crippen molar-refractivity contribution in [3.8, 4) is 0 Å². The molecule has 0 unspecified atom stereocenters. The Balaban J connectivity index is 1.66. The number of amides is 1. The topological polar surface area (TPSA) is 47.9 Å². The monoisotopic (exact) mass is 462 g/mol. The van der Waals surface area contributed by atoms with Gasteiger partial charge in [0.1, 0.15) is 11.5 Å². The number of nitrogens with one attached hydrogen (secondary N) is 1. The third-order valence-corrected chi connectivity index (χ3v) is 6.39. The van der Waals surface area contributed by atoms with Gasteiger partial charge < -0.3 is 0 Å². The summed E-state index contributed by atoms with van der Waals surface area (Å²) in [6.07, 6.45) is 4.48. The normalized spacial score (nSPS) is 22.2. The number of halogens is 3. The molecule has 0 radical (unpaired) electrons. The number of anilines is 1. The summed E-state index contributed by atoms with van der Waals surface area (Å²) in [6, 6.07) is 11.1. The van der Waals surface area contributed by atoms with Crippen molar-refractivity contribution in [2.75, 3.05) is 18.1 Å². The molecule has 1 saturated heterocycles. The van der Waals surface area contributed by atoms with E-state index in [1.165, 1.54) is 25.0 Å². The zero-order valence-corrected chi connectivity index (χ0v) is 18.8. The number of hydrazone groups is 1. The van der Waals surface area contributed by atoms with Gasteiger partial charge >= 0.3 is 0 Å². The maximum absolute atomic E-state index is 13.6. The van der Waals surface area contributed by atoms with Crippen molar-refractivity contribution in [2.24, 2.45) is 11.0 Å². The van der Waals surface area contributed by atoms with E-state index in [1.807, 2.05) is 11.9 Å². The number of hydrogen-bond acceptors (Lipinski definition) is 4. The Hall–Kier alpha value is -2.15. The average Bonchev–Trinajstić information content (AvgIpc) is 2.89. The number of carbonyl (C=O) groups excluding carboxylic acids is 1. The molecule has 0 aliphatic carbocycles. The minimum absolute atomic E-state index is 0.214. The van der Waals surface area contributed by atoms with Gasteiger partial charge in [-0.3, -0.25) is 15.2 Å². The van der Waals surface area contributed by atoms with Crippen molar-refractivity contribution in [2.45, 2.75) is 38.6 Å². The Morgan fingerprint density at radius 3 is 2.39 bits per heavy atom. The summed E-state index contributed by atoms with van der Waals surface area (Å²) in [7, 11) is 0. The zero-order valence-electron chi connectivity index (χ0n) is 17.3. The fourth-order valence-corrected chi connectivity index (χ4v) is 4.72. The number of benzene rings is 2. The Bertz CT molecular complexity index is 974. The van der Waals surface area contributed by atoms with Gasteiger partial charge in [-0.2, -0.15) is 5.10 Å². The summed E-state index contributed by atoms with van der Waals surface area (Å²) in [5.74, 6) is -0.760. The van der Waals surface area contributed by atoms with E-state index in [4.69, 9.17) is 23.2 Å². The number of rotatable bonds is 4. The molecule has 2 heterocycles. The summed E-state index contributed by atoms with van der Waals surface area (Å²) >= 11 is 12.5. The smallest absolute Gasteiger partial charge is 0.282 e. The molecule has 0 spiro atoms. The van der Waals surface area contributed by atoms with Gasteiger partial charge in [-0.25, -0.2) is 9.40 Å². The molecule has 2 aromatic rings. The van der Waals surface area contributed by atoms with Gasteiger partial charge in [-0.1, -0.05) is 55.1 Å². The van der Waals surface area contributed by atoms with Crippen LogP contribution in [0.15, 0.2) is 47.6 Å². The first-order valence-electron chi connectivity index (χ1n) is 10.6. The van der Waals surface area contributed by atoms with Gasteiger partial charge in [0.25, 0.3) is 5.91 Å². The van der Waals surface area contributed by atoms with Gasteiger partial charge in [0.15, 0.2) is 0 Å². The largest absolute Gasteiger partial charge is 0.284 e. The molecule has 2 aromatic carbocycles. The third-order valence-electron chi connectivity index (χ3n) is 5.85. The Morgan fingerprint density at radius 1 is 1.06 bits per heavy atom. The second-order valence-electron chi connectivity index (χ2n) is 8.05. The molecule has 2 atom stereocenters. The maximum atomic E-state index is 13.6. The van der Waals surface area contributed by atoms with Gasteiger partial charge in [-0.15, -0.1) is 0 Å². The van der Waals surface area contributed by atoms with Crippen molar-refractivity contribution in [3.05, 3.63) is 63.9 Å². The Labute approximate surface area is 191 Å². The SMILES string of the molecule is C[C@@H]1C(C(=O)NN2CCCCCC2)=NN(c2ccc(Cl)cc2Cl)[C@@H]1c1ccc(F)cc1. The standard InChI is InChI=1S/C23H25Cl2FN4O/c1-15-21(23(31)28-29-12-4-2-3-5-13-29)27-30(20-11-8-17(24)14-19(20)25)22(15)16-6-9-18(26)10-7-16/h6-11,14-15,22H,2-5,12-13H2,1H3,(H,28,31)/t15-,22+/m1/s1. The number of carbonyl (C=O) groups is 1. The minimum atomic E-state index is -0.314. The number of hydrogen-bond donors (Lipinski definition) is 1. The molecule has 0 aromatic heterocycles. The van der Waals surface area contributed by atoms with Crippen LogP contribution < -0.4 is 10.4 Å². The highest BCUT2D eigenvalue weighted by Crippen LogP contribution is 2.42. The van der Waals surface area contributed by atoms with Crippen LogP contribution in [0.25, 0.3) is 0 Å². The van der Waals surface area contributed by atoms with Gasteiger partial charge in [0.2, 0.25) is 0 Å². The number of hydrazine groups is 1. The van der Waals surface area contributed by atoms with E-state index in [1.54, 1.807) is 35.3 Å². The molecule has 1 N–H and O–H groups in total. The van der Waals surface area contributed by atoms with E-state index in [-0.39, 0.29) is 23.7 Å². The van der Waals surface area contributed by atoms with Crippen LogP contribution in [-0.4, -0.2) is 29.7 Å². The third kappa shape index (κ3) is 4.86. The molecule has 31 heavy (non-hydrogen) atoms. The highest BCUT2D eigenvalue weighted by Gasteiger charge is 2.40. The lowest BCUT2D eigenvalue weighted by atomic mass is 9.91. The van der Waals surface area contributed by atoms with Crippen LogP contribution in [-0.2, 0) is 4.79 Å². The minimum Gasteiger partial charge on any atom is -0.284 e. The van der Waals surface area contributed by atoms with Crippen LogP contribution >= 0.6 is 23.2 Å². The summed E-state index contributed by atoms with van der Waals surface area (Å²) in [5.41, 5.74) is 4.94. The second-order valence-corrected chi connectivity index (χ2v) is 8.90. The van der Waals surface area contributed by atoms with Crippen molar-refractivity contribution in [1.82, 2.24) is 10.4 Å². The molecule has 2 aliphatic heterocycles. The van der Waals surface area contributed by atoms with Crippen LogP contribution in [0.5, 0.6) is 0 Å². The van der Waals surface area contributed by atoms with E-state index in [9.17, 15) is 9.18 Å². The van der Waals surface area contributed by atoms with Crippen LogP contribution in [0.4, 0.5) is 10.1 Å². The summed E-state index contributed by atoms with van der Waals surface area (Å²) in [5, 5.41) is 9.37. The molecule has 1 amide bonds. The van der Waals surface area contributed by atoms with Crippen LogP contribution in [0.3, 0.4) is 0 Å². The molecule has 0 saturated carbocycles. The highest BCUT2D eigenvalue weighted by molar-refractivity contribution is 6.41. The van der Waals surface area contributed by atoms with E-state index in [2.05, 4.69) is 10.5 Å². The first kappa shape index (κ1) is 22.1. The van der Waals surface area contributed by atoms with Gasteiger partial charge in [0, 0.05) is 24.0 Å². The lowest BCUT2D eigenvalue weighted by molar-refractivity contribution is -0.119. The highest BCUT2D eigenvalue weighted by atomic mass is 35.5. The van der Waals surface area contributed by atoms with Crippen LogP contribution in [0.1, 0.15) is 44.2 Å². The van der Waals surface area contributed by atoms with Crippen molar-refractivity contribution in [3.63, 3.8) is 0 Å². The average molecular weight is 463 g/mol. The molecular formula is C23H25Cl2FN4O. The molecule has 1 fully saturated rings. The van der Waals surface area contributed by atoms with Gasteiger partial charge in [-0.05, 0) is 48.7 Å². The van der Waals surface area contributed by atoms with E-state index in [0.717, 1.165) is 31.5 Å². The first-order valence-corrected chi connectivity index (χ1v) is 11.3. The lowest BCUT2D eigenvalue weighted by Gasteiger charge is -2.27.